The third kappa shape index (κ3) is 4.18. The van der Waals surface area contributed by atoms with E-state index in [0.29, 0.717) is 11.0 Å². The van der Waals surface area contributed by atoms with Crippen LogP contribution < -0.4 is 5.32 Å². The Morgan fingerprint density at radius 2 is 1.59 bits per heavy atom. The number of amides is 2. The number of nitrogens with zero attached hydrogens (tertiary/aromatic N) is 3. The molecular formula is C16H26N4OS. The van der Waals surface area contributed by atoms with Gasteiger partial charge in [0.25, 0.3) is 0 Å². The highest BCUT2D eigenvalue weighted by Crippen LogP contribution is 2.35. The lowest BCUT2D eigenvalue weighted by Gasteiger charge is -2.24. The van der Waals surface area contributed by atoms with Crippen molar-refractivity contribution in [2.24, 2.45) is 0 Å². The van der Waals surface area contributed by atoms with Gasteiger partial charge in [-0.1, -0.05) is 49.9 Å². The minimum absolute atomic E-state index is 0.00626. The van der Waals surface area contributed by atoms with Gasteiger partial charge in [-0.05, 0) is 25.7 Å². The molecular weight excluding hydrogens is 296 g/mol. The van der Waals surface area contributed by atoms with Crippen molar-refractivity contribution < 1.29 is 4.79 Å². The molecule has 5 nitrogen and oxygen atoms in total. The molecule has 0 unspecified atom stereocenters. The Balaban J connectivity index is 1.55. The number of hydrogen-bond donors (Lipinski definition) is 1. The molecule has 2 heterocycles. The molecule has 0 atom stereocenters. The first-order chi connectivity index (χ1) is 10.8. The van der Waals surface area contributed by atoms with Crippen LogP contribution in [0.4, 0.5) is 9.93 Å². The van der Waals surface area contributed by atoms with Gasteiger partial charge < -0.3 is 4.90 Å². The highest BCUT2D eigenvalue weighted by Gasteiger charge is 2.21. The van der Waals surface area contributed by atoms with Gasteiger partial charge in [0.05, 0.1) is 0 Å². The van der Waals surface area contributed by atoms with Crippen LogP contribution in [-0.4, -0.2) is 34.2 Å². The number of likely N-dealkylation sites (tertiary alicyclic amines) is 1. The molecule has 1 aromatic heterocycles. The van der Waals surface area contributed by atoms with Crippen LogP contribution in [0.1, 0.15) is 75.1 Å². The number of rotatable bonds is 2. The molecule has 6 heteroatoms. The van der Waals surface area contributed by atoms with Gasteiger partial charge in [0.2, 0.25) is 5.13 Å². The highest BCUT2D eigenvalue weighted by atomic mass is 32.1. The largest absolute Gasteiger partial charge is 0.324 e. The van der Waals surface area contributed by atoms with Crippen LogP contribution in [-0.2, 0) is 0 Å². The zero-order valence-corrected chi connectivity index (χ0v) is 14.0. The Kier molecular flexibility index (Phi) is 5.64. The second-order valence-corrected chi connectivity index (χ2v) is 7.47. The van der Waals surface area contributed by atoms with E-state index in [0.717, 1.165) is 30.9 Å². The number of aromatic nitrogens is 2. The summed E-state index contributed by atoms with van der Waals surface area (Å²) in [6, 6.07) is -0.00626. The minimum atomic E-state index is -0.00626. The maximum absolute atomic E-state index is 12.4. The molecule has 1 saturated carbocycles. The Hall–Kier alpha value is -1.17. The lowest BCUT2D eigenvalue weighted by molar-refractivity contribution is 0.206. The van der Waals surface area contributed by atoms with Crippen molar-refractivity contribution in [3.63, 3.8) is 0 Å². The monoisotopic (exact) mass is 322 g/mol. The lowest BCUT2D eigenvalue weighted by atomic mass is 9.90. The van der Waals surface area contributed by atoms with Crippen LogP contribution >= 0.6 is 11.3 Å². The summed E-state index contributed by atoms with van der Waals surface area (Å²) in [6.45, 7) is 1.72. The van der Waals surface area contributed by atoms with Crippen molar-refractivity contribution in [3.8, 4) is 0 Å². The molecule has 122 valence electrons. The summed E-state index contributed by atoms with van der Waals surface area (Å²) in [7, 11) is 0. The maximum atomic E-state index is 12.4. The van der Waals surface area contributed by atoms with E-state index in [1.807, 2.05) is 4.90 Å². The van der Waals surface area contributed by atoms with Crippen LogP contribution in [0, 0.1) is 0 Å². The van der Waals surface area contributed by atoms with E-state index in [2.05, 4.69) is 15.5 Å². The topological polar surface area (TPSA) is 58.1 Å². The summed E-state index contributed by atoms with van der Waals surface area (Å²) in [5.41, 5.74) is 0. The van der Waals surface area contributed by atoms with Crippen LogP contribution in [0.25, 0.3) is 0 Å². The molecule has 1 saturated heterocycles. The molecule has 22 heavy (non-hydrogen) atoms. The molecule has 2 fully saturated rings. The van der Waals surface area contributed by atoms with Gasteiger partial charge in [0.15, 0.2) is 0 Å². The third-order valence-corrected chi connectivity index (χ3v) is 5.75. The Morgan fingerprint density at radius 1 is 0.955 bits per heavy atom. The fourth-order valence-electron chi connectivity index (χ4n) is 3.42. The Bertz CT molecular complexity index is 476. The zero-order chi connectivity index (χ0) is 15.2. The van der Waals surface area contributed by atoms with Crippen molar-refractivity contribution in [1.29, 1.82) is 0 Å². The molecule has 0 bridgehead atoms. The first-order valence-electron chi connectivity index (χ1n) is 8.72. The summed E-state index contributed by atoms with van der Waals surface area (Å²) < 4.78 is 0. The molecule has 1 aliphatic carbocycles. The van der Waals surface area contributed by atoms with Gasteiger partial charge in [-0.3, -0.25) is 5.32 Å². The van der Waals surface area contributed by atoms with Crippen molar-refractivity contribution in [2.75, 3.05) is 18.4 Å². The van der Waals surface area contributed by atoms with Crippen molar-refractivity contribution in [3.05, 3.63) is 5.01 Å². The average Bonchev–Trinajstić information content (AvgIpc) is 2.96. The SMILES string of the molecule is O=C(Nc1nnc(C2CCCCC2)s1)N1CCCCCCC1. The normalized spacial score (nSPS) is 21.2. The van der Waals surface area contributed by atoms with E-state index in [-0.39, 0.29) is 6.03 Å². The summed E-state index contributed by atoms with van der Waals surface area (Å²) >= 11 is 1.56. The quantitative estimate of drug-likeness (QED) is 0.879. The third-order valence-electron chi connectivity index (χ3n) is 4.75. The molecule has 0 aromatic carbocycles. The number of carbonyl (C=O) groups is 1. The summed E-state index contributed by atoms with van der Waals surface area (Å²) in [4.78, 5) is 14.3. The van der Waals surface area contributed by atoms with E-state index < -0.39 is 0 Å². The Labute approximate surface area is 136 Å². The maximum Gasteiger partial charge on any atom is 0.323 e. The van der Waals surface area contributed by atoms with Gasteiger partial charge in [0.1, 0.15) is 5.01 Å². The summed E-state index contributed by atoms with van der Waals surface area (Å²) in [5.74, 6) is 0.554. The van der Waals surface area contributed by atoms with E-state index in [9.17, 15) is 4.79 Å². The number of carbonyl (C=O) groups excluding carboxylic acids is 1. The molecule has 1 aromatic rings. The molecule has 0 radical (unpaired) electrons. The van der Waals surface area contributed by atoms with Crippen molar-refractivity contribution in [1.82, 2.24) is 15.1 Å². The Morgan fingerprint density at radius 3 is 2.32 bits per heavy atom. The minimum Gasteiger partial charge on any atom is -0.324 e. The number of anilines is 1. The fourth-order valence-corrected chi connectivity index (χ4v) is 4.32. The van der Waals surface area contributed by atoms with Gasteiger partial charge in [-0.2, -0.15) is 0 Å². The van der Waals surface area contributed by atoms with Crippen LogP contribution in [0.2, 0.25) is 0 Å². The second kappa shape index (κ2) is 7.90. The van der Waals surface area contributed by atoms with Crippen molar-refractivity contribution in [2.45, 2.75) is 70.1 Å². The van der Waals surface area contributed by atoms with Gasteiger partial charge in [0, 0.05) is 19.0 Å². The molecule has 2 amide bonds. The number of hydrogen-bond acceptors (Lipinski definition) is 4. The van der Waals surface area contributed by atoms with E-state index in [4.69, 9.17) is 0 Å². The molecule has 1 N–H and O–H groups in total. The van der Waals surface area contributed by atoms with E-state index in [1.54, 1.807) is 11.3 Å². The van der Waals surface area contributed by atoms with Gasteiger partial charge in [-0.15, -0.1) is 10.2 Å². The standard InChI is InChI=1S/C16H26N4OS/c21-16(20-11-7-2-1-3-8-12-20)17-15-19-18-14(22-15)13-9-5-4-6-10-13/h13H,1-12H2,(H,17,19,21). The summed E-state index contributed by atoms with van der Waals surface area (Å²) in [6.07, 6.45) is 12.3. The lowest BCUT2D eigenvalue weighted by Crippen LogP contribution is -2.37. The highest BCUT2D eigenvalue weighted by molar-refractivity contribution is 7.15. The number of urea groups is 1. The van der Waals surface area contributed by atoms with Crippen LogP contribution in [0.5, 0.6) is 0 Å². The number of nitrogens with one attached hydrogen (secondary N) is 1. The van der Waals surface area contributed by atoms with Crippen LogP contribution in [0.15, 0.2) is 0 Å². The van der Waals surface area contributed by atoms with E-state index in [1.165, 1.54) is 51.4 Å². The molecule has 0 spiro atoms. The predicted molar refractivity (Wildman–Crippen MR) is 89.4 cm³/mol. The fraction of sp³-hybridized carbons (Fsp3) is 0.812. The molecule has 2 aliphatic rings. The van der Waals surface area contributed by atoms with Crippen LogP contribution in [0.3, 0.4) is 0 Å². The van der Waals surface area contributed by atoms with Crippen molar-refractivity contribution >= 4 is 22.5 Å². The van der Waals surface area contributed by atoms with Gasteiger partial charge in [-0.25, -0.2) is 4.79 Å². The summed E-state index contributed by atoms with van der Waals surface area (Å²) in [5, 5.41) is 13.2. The second-order valence-electron chi connectivity index (χ2n) is 6.47. The predicted octanol–water partition coefficient (Wildman–Crippen LogP) is 4.38. The molecule has 1 aliphatic heterocycles. The average molecular weight is 322 g/mol. The zero-order valence-electron chi connectivity index (χ0n) is 13.2. The molecule has 3 rings (SSSR count). The van der Waals surface area contributed by atoms with Gasteiger partial charge >= 0.3 is 6.03 Å². The first kappa shape index (κ1) is 15.7. The van der Waals surface area contributed by atoms with E-state index >= 15 is 0 Å². The smallest absolute Gasteiger partial charge is 0.323 e. The first-order valence-corrected chi connectivity index (χ1v) is 9.54.